The highest BCUT2D eigenvalue weighted by atomic mass is 16.5. The number of aliphatic hydroxyl groups is 1. The minimum absolute atomic E-state index is 0.173. The Morgan fingerprint density at radius 3 is 2.45 bits per heavy atom. The van der Waals surface area contributed by atoms with Crippen LogP contribution < -0.4 is 9.47 Å². The Morgan fingerprint density at radius 1 is 1.25 bits per heavy atom. The van der Waals surface area contributed by atoms with Crippen molar-refractivity contribution in [3.63, 3.8) is 0 Å². The van der Waals surface area contributed by atoms with Gasteiger partial charge < -0.3 is 24.1 Å². The maximum Gasteiger partial charge on any atom is 0.339 e. The number of ether oxygens (including phenoxy) is 4. The van der Waals surface area contributed by atoms with Crippen LogP contribution in [0.25, 0.3) is 0 Å². The molecule has 0 amide bonds. The third-order valence-electron chi connectivity index (χ3n) is 2.78. The van der Waals surface area contributed by atoms with Gasteiger partial charge in [-0.3, -0.25) is 0 Å². The Balaban J connectivity index is 3.27. The number of esters is 1. The number of rotatable bonds is 7. The molecule has 1 N–H and O–H groups in total. The summed E-state index contributed by atoms with van der Waals surface area (Å²) in [5, 5.41) is 10.1. The lowest BCUT2D eigenvalue weighted by molar-refractivity contribution is -0.153. The Morgan fingerprint density at radius 2 is 1.95 bits per heavy atom. The summed E-state index contributed by atoms with van der Waals surface area (Å²) in [6, 6.07) is 3.22. The Hall–Kier alpha value is -1.79. The molecule has 1 aromatic carbocycles. The van der Waals surface area contributed by atoms with Crippen LogP contribution in [0.5, 0.6) is 11.5 Å². The van der Waals surface area contributed by atoms with E-state index in [2.05, 4.69) is 0 Å². The number of methoxy groups -OCH3 is 3. The lowest BCUT2D eigenvalue weighted by Crippen LogP contribution is -2.17. The van der Waals surface area contributed by atoms with Gasteiger partial charge in [0.25, 0.3) is 0 Å². The molecule has 0 saturated heterocycles. The van der Waals surface area contributed by atoms with Crippen LogP contribution in [0.4, 0.5) is 0 Å². The van der Waals surface area contributed by atoms with E-state index >= 15 is 0 Å². The van der Waals surface area contributed by atoms with Gasteiger partial charge in [0.05, 0.1) is 27.4 Å². The number of aliphatic hydroxyl groups excluding tert-OH is 1. The standard InChI is InChI=1S/C14H20O6/c1-5-20-14(16)12(15)9-6-7-11(18-3)13(19-4)10(9)8-17-2/h6-7,12,15H,5,8H2,1-4H3. The van der Waals surface area contributed by atoms with E-state index in [9.17, 15) is 9.90 Å². The lowest BCUT2D eigenvalue weighted by atomic mass is 10.0. The first-order valence-electron chi connectivity index (χ1n) is 6.18. The Labute approximate surface area is 118 Å². The van der Waals surface area contributed by atoms with Crippen molar-refractivity contribution in [3.05, 3.63) is 23.3 Å². The SMILES string of the molecule is CCOC(=O)C(O)c1ccc(OC)c(OC)c1COC. The molecular weight excluding hydrogens is 264 g/mol. The molecule has 6 heteroatoms. The van der Waals surface area contributed by atoms with Gasteiger partial charge in [-0.2, -0.15) is 0 Å². The normalized spacial score (nSPS) is 11.8. The van der Waals surface area contributed by atoms with Gasteiger partial charge in [0, 0.05) is 18.2 Å². The van der Waals surface area contributed by atoms with Gasteiger partial charge in [-0.15, -0.1) is 0 Å². The molecule has 0 saturated carbocycles. The summed E-state index contributed by atoms with van der Waals surface area (Å²) in [6.45, 7) is 2.05. The number of benzene rings is 1. The van der Waals surface area contributed by atoms with Gasteiger partial charge in [0.2, 0.25) is 0 Å². The summed E-state index contributed by atoms with van der Waals surface area (Å²) in [6.07, 6.45) is -1.39. The highest BCUT2D eigenvalue weighted by molar-refractivity contribution is 5.77. The fourth-order valence-corrected chi connectivity index (χ4v) is 1.90. The summed E-state index contributed by atoms with van der Waals surface area (Å²) in [7, 11) is 4.51. The van der Waals surface area contributed by atoms with Crippen LogP contribution in [-0.4, -0.2) is 39.0 Å². The zero-order valence-electron chi connectivity index (χ0n) is 12.1. The van der Waals surface area contributed by atoms with Gasteiger partial charge in [0.15, 0.2) is 17.6 Å². The van der Waals surface area contributed by atoms with Crippen LogP contribution in [-0.2, 0) is 20.9 Å². The summed E-state index contributed by atoms with van der Waals surface area (Å²) in [4.78, 5) is 11.7. The average Bonchev–Trinajstić information content (AvgIpc) is 2.46. The molecule has 0 bridgehead atoms. The number of carbonyl (C=O) groups is 1. The molecular formula is C14H20O6. The van der Waals surface area contributed by atoms with Crippen molar-refractivity contribution in [2.24, 2.45) is 0 Å². The highest BCUT2D eigenvalue weighted by Gasteiger charge is 2.25. The third-order valence-corrected chi connectivity index (χ3v) is 2.78. The quantitative estimate of drug-likeness (QED) is 0.764. The van der Waals surface area contributed by atoms with Crippen LogP contribution in [0.2, 0.25) is 0 Å². The number of hydrogen-bond donors (Lipinski definition) is 1. The Bertz CT molecular complexity index is 457. The molecule has 0 fully saturated rings. The van der Waals surface area contributed by atoms with Crippen molar-refractivity contribution in [1.29, 1.82) is 0 Å². The van der Waals surface area contributed by atoms with Crippen molar-refractivity contribution in [2.75, 3.05) is 27.9 Å². The summed E-state index contributed by atoms with van der Waals surface area (Å²) < 4.78 is 20.4. The minimum atomic E-state index is -1.39. The molecule has 112 valence electrons. The summed E-state index contributed by atoms with van der Waals surface area (Å²) >= 11 is 0. The van der Waals surface area contributed by atoms with E-state index in [1.54, 1.807) is 19.1 Å². The molecule has 1 atom stereocenters. The second kappa shape index (κ2) is 7.72. The van der Waals surface area contributed by atoms with E-state index in [1.807, 2.05) is 0 Å². The van der Waals surface area contributed by atoms with Crippen LogP contribution in [0.15, 0.2) is 12.1 Å². The van der Waals surface area contributed by atoms with E-state index in [0.717, 1.165) is 0 Å². The number of carbonyl (C=O) groups excluding carboxylic acids is 1. The fourth-order valence-electron chi connectivity index (χ4n) is 1.90. The molecule has 1 rings (SSSR count). The van der Waals surface area contributed by atoms with Crippen LogP contribution in [0.1, 0.15) is 24.2 Å². The summed E-state index contributed by atoms with van der Waals surface area (Å²) in [5.74, 6) is 0.214. The Kier molecular flexibility index (Phi) is 6.27. The van der Waals surface area contributed by atoms with Gasteiger partial charge in [-0.1, -0.05) is 6.07 Å². The molecule has 1 aromatic rings. The van der Waals surface area contributed by atoms with Crippen LogP contribution in [0.3, 0.4) is 0 Å². The monoisotopic (exact) mass is 284 g/mol. The summed E-state index contributed by atoms with van der Waals surface area (Å²) in [5.41, 5.74) is 0.929. The zero-order chi connectivity index (χ0) is 15.1. The van der Waals surface area contributed by atoms with Crippen molar-refractivity contribution in [3.8, 4) is 11.5 Å². The van der Waals surface area contributed by atoms with E-state index in [4.69, 9.17) is 18.9 Å². The minimum Gasteiger partial charge on any atom is -0.493 e. The van der Waals surface area contributed by atoms with Gasteiger partial charge in [-0.05, 0) is 13.0 Å². The van der Waals surface area contributed by atoms with Crippen molar-refractivity contribution in [1.82, 2.24) is 0 Å². The topological polar surface area (TPSA) is 74.2 Å². The maximum absolute atomic E-state index is 11.7. The second-order valence-electron chi connectivity index (χ2n) is 3.96. The molecule has 0 aliphatic heterocycles. The average molecular weight is 284 g/mol. The van der Waals surface area contributed by atoms with Crippen molar-refractivity contribution in [2.45, 2.75) is 19.6 Å². The predicted octanol–water partition coefficient (Wildman–Crippen LogP) is 1.45. The smallest absolute Gasteiger partial charge is 0.339 e. The van der Waals surface area contributed by atoms with Gasteiger partial charge >= 0.3 is 5.97 Å². The van der Waals surface area contributed by atoms with E-state index in [-0.39, 0.29) is 13.2 Å². The fraction of sp³-hybridized carbons (Fsp3) is 0.500. The lowest BCUT2D eigenvalue weighted by Gasteiger charge is -2.19. The first-order valence-corrected chi connectivity index (χ1v) is 6.18. The molecule has 0 heterocycles. The van der Waals surface area contributed by atoms with E-state index in [0.29, 0.717) is 22.6 Å². The predicted molar refractivity (Wildman–Crippen MR) is 71.9 cm³/mol. The van der Waals surface area contributed by atoms with Gasteiger partial charge in [0.1, 0.15) is 0 Å². The molecule has 0 spiro atoms. The van der Waals surface area contributed by atoms with E-state index in [1.165, 1.54) is 21.3 Å². The first kappa shape index (κ1) is 16.3. The molecule has 0 aliphatic rings. The molecule has 0 aromatic heterocycles. The highest BCUT2D eigenvalue weighted by Crippen LogP contribution is 2.36. The molecule has 0 aliphatic carbocycles. The maximum atomic E-state index is 11.7. The van der Waals surface area contributed by atoms with Crippen molar-refractivity contribution >= 4 is 5.97 Å². The molecule has 1 unspecified atom stereocenters. The van der Waals surface area contributed by atoms with Crippen LogP contribution >= 0.6 is 0 Å². The first-order chi connectivity index (χ1) is 9.60. The molecule has 20 heavy (non-hydrogen) atoms. The largest absolute Gasteiger partial charge is 0.493 e. The number of hydrogen-bond acceptors (Lipinski definition) is 6. The molecule has 0 radical (unpaired) electrons. The van der Waals surface area contributed by atoms with Crippen LogP contribution in [0, 0.1) is 0 Å². The second-order valence-corrected chi connectivity index (χ2v) is 3.96. The van der Waals surface area contributed by atoms with E-state index < -0.39 is 12.1 Å². The molecule has 6 nitrogen and oxygen atoms in total. The zero-order valence-corrected chi connectivity index (χ0v) is 12.1. The third kappa shape index (κ3) is 3.40. The van der Waals surface area contributed by atoms with Crippen molar-refractivity contribution < 1.29 is 28.8 Å². The van der Waals surface area contributed by atoms with Gasteiger partial charge in [-0.25, -0.2) is 4.79 Å².